The summed E-state index contributed by atoms with van der Waals surface area (Å²) in [5.41, 5.74) is 0.156. The average molecular weight is 387 g/mol. The molecule has 1 unspecified atom stereocenters. The molecule has 0 bridgehead atoms. The van der Waals surface area contributed by atoms with Crippen LogP contribution in [-0.4, -0.2) is 34.0 Å². The highest BCUT2D eigenvalue weighted by molar-refractivity contribution is 7.89. The molecule has 1 aromatic heterocycles. The highest BCUT2D eigenvalue weighted by Crippen LogP contribution is 2.20. The first-order valence-corrected chi connectivity index (χ1v) is 9.33. The van der Waals surface area contributed by atoms with Gasteiger partial charge in [0.25, 0.3) is 15.9 Å². The molecule has 0 fully saturated rings. The molecule has 1 heterocycles. The third-order valence-electron chi connectivity index (χ3n) is 3.36. The highest BCUT2D eigenvalue weighted by atomic mass is 35.5. The van der Waals surface area contributed by atoms with E-state index in [0.717, 1.165) is 0 Å². The minimum atomic E-state index is -3.74. The summed E-state index contributed by atoms with van der Waals surface area (Å²) >= 11 is 5.89. The zero-order chi connectivity index (χ0) is 18.6. The smallest absolute Gasteiger partial charge is 0.273 e. The maximum Gasteiger partial charge on any atom is 0.273 e. The summed E-state index contributed by atoms with van der Waals surface area (Å²) in [5.74, 6) is 0.367. The number of rotatable bonds is 7. The molecule has 0 aliphatic heterocycles. The van der Waals surface area contributed by atoms with Crippen molar-refractivity contribution in [2.24, 2.45) is 0 Å². The first kappa shape index (κ1) is 19.3. The maximum absolute atomic E-state index is 12.2. The fraction of sp³-hybridized carbons (Fsp3) is 0.312. The monoisotopic (exact) mass is 386 g/mol. The highest BCUT2D eigenvalue weighted by Gasteiger charge is 2.22. The summed E-state index contributed by atoms with van der Waals surface area (Å²) < 4.78 is 36.4. The van der Waals surface area contributed by atoms with Gasteiger partial charge in [0.15, 0.2) is 0 Å². The standard InChI is InChI=1S/C16H19ClN2O5S/c1-10(23-13-6-4-5-12(17)7-13)9-19-16(20)14-8-15(24-11(14)2)25(21,22)18-3/h4-8,10,18H,9H2,1-3H3,(H,19,20). The van der Waals surface area contributed by atoms with Gasteiger partial charge < -0.3 is 14.5 Å². The lowest BCUT2D eigenvalue weighted by Crippen LogP contribution is -2.33. The average Bonchev–Trinajstić information content (AvgIpc) is 2.95. The van der Waals surface area contributed by atoms with Crippen LogP contribution in [0.15, 0.2) is 39.8 Å². The Morgan fingerprint density at radius 2 is 2.08 bits per heavy atom. The predicted octanol–water partition coefficient (Wildman–Crippen LogP) is 2.35. The number of sulfonamides is 1. The van der Waals surface area contributed by atoms with E-state index >= 15 is 0 Å². The van der Waals surface area contributed by atoms with E-state index in [1.807, 2.05) is 0 Å². The molecule has 0 radical (unpaired) electrons. The van der Waals surface area contributed by atoms with Gasteiger partial charge in [0.05, 0.1) is 12.1 Å². The van der Waals surface area contributed by atoms with Gasteiger partial charge in [0.2, 0.25) is 5.09 Å². The van der Waals surface area contributed by atoms with E-state index in [1.54, 1.807) is 31.2 Å². The lowest BCUT2D eigenvalue weighted by atomic mass is 10.2. The van der Waals surface area contributed by atoms with E-state index in [-0.39, 0.29) is 29.1 Å². The molecule has 9 heteroatoms. The molecular weight excluding hydrogens is 368 g/mol. The van der Waals surface area contributed by atoms with Crippen molar-refractivity contribution in [2.45, 2.75) is 25.0 Å². The summed E-state index contributed by atoms with van der Waals surface area (Å²) in [6, 6.07) is 8.13. The van der Waals surface area contributed by atoms with Gasteiger partial charge in [-0.3, -0.25) is 4.79 Å². The number of halogens is 1. The molecule has 136 valence electrons. The van der Waals surface area contributed by atoms with Crippen molar-refractivity contribution >= 4 is 27.5 Å². The van der Waals surface area contributed by atoms with Gasteiger partial charge >= 0.3 is 0 Å². The molecule has 2 rings (SSSR count). The Morgan fingerprint density at radius 1 is 1.36 bits per heavy atom. The van der Waals surface area contributed by atoms with Crippen molar-refractivity contribution < 1.29 is 22.4 Å². The van der Waals surface area contributed by atoms with Gasteiger partial charge in [-0.25, -0.2) is 13.1 Å². The number of ether oxygens (including phenoxy) is 1. The molecule has 7 nitrogen and oxygen atoms in total. The number of aryl methyl sites for hydroxylation is 1. The number of carbonyl (C=O) groups is 1. The second-order valence-electron chi connectivity index (χ2n) is 5.34. The number of hydrogen-bond acceptors (Lipinski definition) is 5. The first-order chi connectivity index (χ1) is 11.7. The van der Waals surface area contributed by atoms with Crippen molar-refractivity contribution in [1.29, 1.82) is 0 Å². The third-order valence-corrected chi connectivity index (χ3v) is 4.86. The molecular formula is C16H19ClN2O5S. The maximum atomic E-state index is 12.2. The topological polar surface area (TPSA) is 97.6 Å². The van der Waals surface area contributed by atoms with E-state index < -0.39 is 15.9 Å². The van der Waals surface area contributed by atoms with Crippen molar-refractivity contribution in [3.8, 4) is 5.75 Å². The van der Waals surface area contributed by atoms with Crippen LogP contribution in [0.25, 0.3) is 0 Å². The molecule has 0 aliphatic rings. The van der Waals surface area contributed by atoms with Crippen LogP contribution in [0.4, 0.5) is 0 Å². The first-order valence-electron chi connectivity index (χ1n) is 7.47. The van der Waals surface area contributed by atoms with Gasteiger partial charge in [-0.05, 0) is 39.1 Å². The molecule has 0 saturated heterocycles. The quantitative estimate of drug-likeness (QED) is 0.761. The van der Waals surface area contributed by atoms with Crippen molar-refractivity contribution in [1.82, 2.24) is 10.0 Å². The van der Waals surface area contributed by atoms with E-state index in [1.165, 1.54) is 20.0 Å². The summed E-state index contributed by atoms with van der Waals surface area (Å²) in [6.45, 7) is 3.54. The van der Waals surface area contributed by atoms with Crippen LogP contribution in [0.3, 0.4) is 0 Å². The molecule has 1 atom stereocenters. The number of hydrogen-bond donors (Lipinski definition) is 2. The van der Waals surface area contributed by atoms with Gasteiger partial charge in [-0.15, -0.1) is 0 Å². The van der Waals surface area contributed by atoms with Crippen LogP contribution in [0.5, 0.6) is 5.75 Å². The van der Waals surface area contributed by atoms with E-state index in [2.05, 4.69) is 10.0 Å². The number of furan rings is 1. The molecule has 1 amide bonds. The SMILES string of the molecule is CNS(=O)(=O)c1cc(C(=O)NCC(C)Oc2cccc(Cl)c2)c(C)o1. The number of nitrogens with one attached hydrogen (secondary N) is 2. The van der Waals surface area contributed by atoms with Crippen LogP contribution in [0.1, 0.15) is 23.0 Å². The molecule has 2 aromatic rings. The van der Waals surface area contributed by atoms with Gasteiger partial charge in [0.1, 0.15) is 17.6 Å². The van der Waals surface area contributed by atoms with Crippen molar-refractivity contribution in [3.63, 3.8) is 0 Å². The number of benzene rings is 1. The zero-order valence-electron chi connectivity index (χ0n) is 14.0. The van der Waals surface area contributed by atoms with E-state index in [4.69, 9.17) is 20.8 Å². The summed E-state index contributed by atoms with van der Waals surface area (Å²) in [6.07, 6.45) is -0.310. The lowest BCUT2D eigenvalue weighted by Gasteiger charge is -2.15. The zero-order valence-corrected chi connectivity index (χ0v) is 15.6. The Hall–Kier alpha value is -2.03. The Labute approximate surface area is 151 Å². The molecule has 0 spiro atoms. The Bertz CT molecular complexity index is 863. The second kappa shape index (κ2) is 7.90. The van der Waals surface area contributed by atoms with Crippen LogP contribution >= 0.6 is 11.6 Å². The summed E-state index contributed by atoms with van der Waals surface area (Å²) in [5, 5.41) is 2.94. The fourth-order valence-corrected chi connectivity index (χ4v) is 2.95. The molecule has 0 saturated carbocycles. The van der Waals surface area contributed by atoms with E-state index in [0.29, 0.717) is 10.8 Å². The van der Waals surface area contributed by atoms with Gasteiger partial charge in [-0.2, -0.15) is 0 Å². The van der Waals surface area contributed by atoms with Crippen LogP contribution < -0.4 is 14.8 Å². The van der Waals surface area contributed by atoms with Crippen LogP contribution in [-0.2, 0) is 10.0 Å². The Kier molecular flexibility index (Phi) is 6.10. The molecule has 2 N–H and O–H groups in total. The van der Waals surface area contributed by atoms with Crippen molar-refractivity contribution in [2.75, 3.05) is 13.6 Å². The number of amides is 1. The van der Waals surface area contributed by atoms with E-state index in [9.17, 15) is 13.2 Å². The summed E-state index contributed by atoms with van der Waals surface area (Å²) in [7, 11) is -2.48. The number of carbonyl (C=O) groups excluding carboxylic acids is 1. The van der Waals surface area contributed by atoms with Gasteiger partial charge in [0, 0.05) is 11.1 Å². The lowest BCUT2D eigenvalue weighted by molar-refractivity contribution is 0.0930. The van der Waals surface area contributed by atoms with Gasteiger partial charge in [-0.1, -0.05) is 17.7 Å². The van der Waals surface area contributed by atoms with Crippen LogP contribution in [0.2, 0.25) is 5.02 Å². The minimum absolute atomic E-state index is 0.156. The minimum Gasteiger partial charge on any atom is -0.489 e. The van der Waals surface area contributed by atoms with Crippen LogP contribution in [0, 0.1) is 6.92 Å². The second-order valence-corrected chi connectivity index (χ2v) is 7.59. The fourth-order valence-electron chi connectivity index (χ4n) is 2.06. The third kappa shape index (κ3) is 4.97. The van der Waals surface area contributed by atoms with Crippen molar-refractivity contribution in [3.05, 3.63) is 46.7 Å². The molecule has 0 aliphatic carbocycles. The predicted molar refractivity (Wildman–Crippen MR) is 93.6 cm³/mol. The molecule has 1 aromatic carbocycles. The molecule has 25 heavy (non-hydrogen) atoms. The largest absolute Gasteiger partial charge is 0.489 e. The normalized spacial score (nSPS) is 12.6. The Morgan fingerprint density at radius 3 is 2.72 bits per heavy atom. The Balaban J connectivity index is 1.98. The summed E-state index contributed by atoms with van der Waals surface area (Å²) in [4.78, 5) is 12.2.